The second kappa shape index (κ2) is 5.01. The summed E-state index contributed by atoms with van der Waals surface area (Å²) in [5.41, 5.74) is 3.93. The lowest BCUT2D eigenvalue weighted by molar-refractivity contribution is 0.0595. The molecule has 0 aliphatic rings. The fourth-order valence-electron chi connectivity index (χ4n) is 2.32. The highest BCUT2D eigenvalue weighted by atomic mass is 16.5. The van der Waals surface area contributed by atoms with Gasteiger partial charge in [0.2, 0.25) is 0 Å². The lowest BCUT2D eigenvalue weighted by Crippen LogP contribution is -2.04. The first-order valence-electron chi connectivity index (χ1n) is 6.61. The zero-order chi connectivity index (χ0) is 15.0. The van der Waals surface area contributed by atoms with Gasteiger partial charge in [0.25, 0.3) is 0 Å². The molecule has 0 radical (unpaired) electrons. The van der Waals surface area contributed by atoms with Gasteiger partial charge in [-0.05, 0) is 37.6 Å². The molecule has 0 amide bonds. The zero-order valence-electron chi connectivity index (χ0n) is 12.1. The van der Waals surface area contributed by atoms with Crippen molar-refractivity contribution in [3.05, 3.63) is 53.5 Å². The first kappa shape index (κ1) is 13.3. The average Bonchev–Trinajstić information content (AvgIpc) is 2.85. The van der Waals surface area contributed by atoms with Gasteiger partial charge >= 0.3 is 5.97 Å². The molecule has 3 rings (SSSR count). The molecular weight excluding hydrogens is 266 g/mol. The number of carbonyl (C=O) groups excluding carboxylic acids is 1. The molecule has 21 heavy (non-hydrogen) atoms. The lowest BCUT2D eigenvalue weighted by Gasteiger charge is -2.04. The van der Waals surface area contributed by atoms with Crippen molar-refractivity contribution in [3.8, 4) is 5.69 Å². The number of ether oxygens (including phenoxy) is 1. The van der Waals surface area contributed by atoms with E-state index in [1.807, 2.05) is 44.2 Å². The quantitative estimate of drug-likeness (QED) is 0.678. The average molecular weight is 281 g/mol. The Labute approximate surface area is 122 Å². The van der Waals surface area contributed by atoms with E-state index < -0.39 is 5.97 Å². The van der Waals surface area contributed by atoms with Gasteiger partial charge in [-0.3, -0.25) is 4.98 Å². The Kier molecular flexibility index (Phi) is 3.17. The van der Waals surface area contributed by atoms with Gasteiger partial charge < -0.3 is 4.74 Å². The monoisotopic (exact) mass is 281 g/mol. The largest absolute Gasteiger partial charge is 0.464 e. The topological polar surface area (TPSA) is 57.0 Å². The van der Waals surface area contributed by atoms with Crippen molar-refractivity contribution in [2.45, 2.75) is 13.8 Å². The number of hydrogen-bond acceptors (Lipinski definition) is 4. The fourth-order valence-corrected chi connectivity index (χ4v) is 2.32. The Morgan fingerprint density at radius 1 is 1.24 bits per heavy atom. The molecule has 5 nitrogen and oxygen atoms in total. The Hall–Kier alpha value is -2.69. The van der Waals surface area contributed by atoms with Crippen LogP contribution < -0.4 is 0 Å². The summed E-state index contributed by atoms with van der Waals surface area (Å²) in [6.45, 7) is 3.89. The summed E-state index contributed by atoms with van der Waals surface area (Å²) in [4.78, 5) is 16.2. The van der Waals surface area contributed by atoms with E-state index in [9.17, 15) is 4.79 Å². The number of rotatable bonds is 2. The van der Waals surface area contributed by atoms with Crippen LogP contribution in [0.3, 0.4) is 0 Å². The molecule has 5 heteroatoms. The summed E-state index contributed by atoms with van der Waals surface area (Å²) < 4.78 is 6.55. The van der Waals surface area contributed by atoms with E-state index in [0.717, 1.165) is 27.8 Å². The summed E-state index contributed by atoms with van der Waals surface area (Å²) >= 11 is 0. The summed E-state index contributed by atoms with van der Waals surface area (Å²) in [6, 6.07) is 9.77. The number of nitrogens with zero attached hydrogens (tertiary/aromatic N) is 3. The molecule has 0 unspecified atom stereocenters. The highest BCUT2D eigenvalue weighted by Crippen LogP contribution is 2.23. The van der Waals surface area contributed by atoms with Gasteiger partial charge in [-0.1, -0.05) is 12.1 Å². The van der Waals surface area contributed by atoms with Gasteiger partial charge in [0, 0.05) is 11.1 Å². The molecule has 1 aromatic carbocycles. The van der Waals surface area contributed by atoms with Gasteiger partial charge in [0.05, 0.1) is 24.5 Å². The van der Waals surface area contributed by atoms with Crippen molar-refractivity contribution in [2.24, 2.45) is 0 Å². The minimum Gasteiger partial charge on any atom is -0.464 e. The predicted octanol–water partition coefficient (Wildman–Crippen LogP) is 2.82. The van der Waals surface area contributed by atoms with Crippen LogP contribution in [0, 0.1) is 13.8 Å². The molecule has 106 valence electrons. The first-order chi connectivity index (χ1) is 10.1. The molecule has 0 bridgehead atoms. The second-order valence-corrected chi connectivity index (χ2v) is 4.93. The third kappa shape index (κ3) is 2.27. The highest BCUT2D eigenvalue weighted by molar-refractivity contribution is 6.02. The van der Waals surface area contributed by atoms with Crippen molar-refractivity contribution < 1.29 is 9.53 Å². The van der Waals surface area contributed by atoms with Crippen LogP contribution in [0.1, 0.15) is 21.7 Å². The molecular formula is C16H15N3O2. The Morgan fingerprint density at radius 2 is 2.05 bits per heavy atom. The van der Waals surface area contributed by atoms with Crippen LogP contribution in [-0.4, -0.2) is 27.8 Å². The highest BCUT2D eigenvalue weighted by Gasteiger charge is 2.19. The number of esters is 1. The molecule has 2 heterocycles. The van der Waals surface area contributed by atoms with Crippen LogP contribution in [-0.2, 0) is 4.74 Å². The Morgan fingerprint density at radius 3 is 2.76 bits per heavy atom. The van der Waals surface area contributed by atoms with Crippen molar-refractivity contribution in [3.63, 3.8) is 0 Å². The molecule has 0 aliphatic heterocycles. The van der Waals surface area contributed by atoms with E-state index in [0.29, 0.717) is 5.69 Å². The summed E-state index contributed by atoms with van der Waals surface area (Å²) in [6.07, 6.45) is 1.73. The minimum absolute atomic E-state index is 0.305. The van der Waals surface area contributed by atoms with E-state index in [1.54, 1.807) is 10.9 Å². The lowest BCUT2D eigenvalue weighted by atomic mass is 10.2. The molecule has 2 aromatic heterocycles. The number of benzene rings is 1. The molecule has 0 fully saturated rings. The van der Waals surface area contributed by atoms with Crippen LogP contribution in [0.4, 0.5) is 0 Å². The summed E-state index contributed by atoms with van der Waals surface area (Å²) in [7, 11) is 1.36. The predicted molar refractivity (Wildman–Crippen MR) is 79.7 cm³/mol. The Balaban J connectivity index is 2.31. The van der Waals surface area contributed by atoms with E-state index in [2.05, 4.69) is 10.1 Å². The normalized spacial score (nSPS) is 10.8. The van der Waals surface area contributed by atoms with E-state index in [1.165, 1.54) is 7.11 Å². The molecule has 0 N–H and O–H groups in total. The van der Waals surface area contributed by atoms with Crippen molar-refractivity contribution in [2.75, 3.05) is 7.11 Å². The molecule has 0 saturated carbocycles. The van der Waals surface area contributed by atoms with Crippen LogP contribution in [0.5, 0.6) is 0 Å². The maximum atomic E-state index is 11.9. The van der Waals surface area contributed by atoms with Crippen LogP contribution in [0.15, 0.2) is 36.5 Å². The van der Waals surface area contributed by atoms with Crippen molar-refractivity contribution in [1.29, 1.82) is 0 Å². The SMILES string of the molecule is COC(=O)c1nn(-c2cccc(C)c2)c2cnc(C)cc12. The van der Waals surface area contributed by atoms with Crippen molar-refractivity contribution in [1.82, 2.24) is 14.8 Å². The van der Waals surface area contributed by atoms with Gasteiger partial charge in [0.15, 0.2) is 5.69 Å². The molecule has 0 saturated heterocycles. The van der Waals surface area contributed by atoms with E-state index >= 15 is 0 Å². The second-order valence-electron chi connectivity index (χ2n) is 4.93. The molecule has 3 aromatic rings. The van der Waals surface area contributed by atoms with E-state index in [4.69, 9.17) is 4.74 Å². The number of pyridine rings is 1. The van der Waals surface area contributed by atoms with E-state index in [-0.39, 0.29) is 0 Å². The number of hydrogen-bond donors (Lipinski definition) is 0. The number of fused-ring (bicyclic) bond motifs is 1. The molecule has 0 atom stereocenters. The van der Waals surface area contributed by atoms with Crippen LogP contribution in [0.25, 0.3) is 16.6 Å². The fraction of sp³-hybridized carbons (Fsp3) is 0.188. The number of aromatic nitrogens is 3. The van der Waals surface area contributed by atoms with Gasteiger partial charge in [-0.25, -0.2) is 9.48 Å². The van der Waals surface area contributed by atoms with Gasteiger partial charge in [0.1, 0.15) is 0 Å². The number of aryl methyl sites for hydroxylation is 2. The third-order valence-corrected chi connectivity index (χ3v) is 3.33. The summed E-state index contributed by atoms with van der Waals surface area (Å²) in [5.74, 6) is -0.447. The summed E-state index contributed by atoms with van der Waals surface area (Å²) in [5, 5.41) is 5.16. The zero-order valence-corrected chi connectivity index (χ0v) is 12.1. The molecule has 0 spiro atoms. The minimum atomic E-state index is -0.447. The smallest absolute Gasteiger partial charge is 0.359 e. The maximum absolute atomic E-state index is 11.9. The first-order valence-corrected chi connectivity index (χ1v) is 6.61. The standard InChI is InChI=1S/C16H15N3O2/c1-10-5-4-6-12(7-10)19-14-9-17-11(2)8-13(14)15(18-19)16(20)21-3/h4-9H,1-3H3. The van der Waals surface area contributed by atoms with Crippen molar-refractivity contribution >= 4 is 16.9 Å². The van der Waals surface area contributed by atoms with Gasteiger partial charge in [-0.15, -0.1) is 0 Å². The number of methoxy groups -OCH3 is 1. The molecule has 0 aliphatic carbocycles. The van der Waals surface area contributed by atoms with Gasteiger partial charge in [-0.2, -0.15) is 5.10 Å². The maximum Gasteiger partial charge on any atom is 0.359 e. The number of carbonyl (C=O) groups is 1. The van der Waals surface area contributed by atoms with Crippen LogP contribution >= 0.6 is 0 Å². The van der Waals surface area contributed by atoms with Crippen LogP contribution in [0.2, 0.25) is 0 Å². The Bertz CT molecular complexity index is 837. The third-order valence-electron chi connectivity index (χ3n) is 3.33.